The molecule has 2 nitrogen and oxygen atoms in total. The van der Waals surface area contributed by atoms with Crippen LogP contribution in [0.25, 0.3) is 143 Å². The summed E-state index contributed by atoms with van der Waals surface area (Å²) in [6.07, 6.45) is 0. The molecular formula is C64H38O2. The molecule has 66 heavy (non-hydrogen) atoms. The van der Waals surface area contributed by atoms with E-state index in [1.807, 2.05) is 0 Å². The molecule has 14 aromatic rings. The molecule has 2 heterocycles. The van der Waals surface area contributed by atoms with Crippen LogP contribution < -0.4 is 0 Å². The SMILES string of the molecule is c1ccc(-c2ccc3oc4ccc(-c5c6ccccc6c(-c6cccc7c6oc6cc(-c8c9ccccc9c(-c9ccccc9)c9ccccc89)ccc67)c6ccccc56)cc4c3c2)cc1. The summed E-state index contributed by atoms with van der Waals surface area (Å²) in [5.41, 5.74) is 15.3. The predicted octanol–water partition coefficient (Wildman–Crippen LogP) is 18.4. The Bertz CT molecular complexity index is 4150. The zero-order chi connectivity index (χ0) is 43.3. The molecular weight excluding hydrogens is 801 g/mol. The van der Waals surface area contributed by atoms with E-state index in [1.165, 1.54) is 82.0 Å². The summed E-state index contributed by atoms with van der Waals surface area (Å²) < 4.78 is 13.6. The summed E-state index contributed by atoms with van der Waals surface area (Å²) in [5.74, 6) is 0. The average Bonchev–Trinajstić information content (AvgIpc) is 3.95. The van der Waals surface area contributed by atoms with Gasteiger partial charge in [0.25, 0.3) is 0 Å². The van der Waals surface area contributed by atoms with Gasteiger partial charge in [0.15, 0.2) is 0 Å². The molecule has 0 saturated carbocycles. The maximum Gasteiger partial charge on any atom is 0.143 e. The standard InChI is InChI=1S/C64H38O2/c1-3-16-39(17-4-1)41-31-34-57-55(36-41)56-37-42(32-35-58(56)65-57)61-49-24-11-13-26-51(49)63(52-27-14-12-25-50(52)61)54-29-15-28-53-44-33-30-43(38-59(44)66-64(53)54)62-47-22-9-7-20-45(47)60(40-18-5-2-6-19-40)46-21-8-10-23-48(46)62/h1-38H. The maximum atomic E-state index is 7.14. The van der Waals surface area contributed by atoms with E-state index in [2.05, 4.69) is 231 Å². The van der Waals surface area contributed by atoms with Gasteiger partial charge in [0.2, 0.25) is 0 Å². The molecule has 0 unspecified atom stereocenters. The van der Waals surface area contributed by atoms with Crippen molar-refractivity contribution < 1.29 is 8.83 Å². The number of hydrogen-bond acceptors (Lipinski definition) is 2. The molecule has 0 fully saturated rings. The third kappa shape index (κ3) is 5.49. The molecule has 2 aromatic heterocycles. The van der Waals surface area contributed by atoms with Crippen LogP contribution in [0.4, 0.5) is 0 Å². The van der Waals surface area contributed by atoms with Gasteiger partial charge in [-0.05, 0) is 124 Å². The highest BCUT2D eigenvalue weighted by Crippen LogP contribution is 2.49. The van der Waals surface area contributed by atoms with Crippen molar-refractivity contribution in [3.63, 3.8) is 0 Å². The molecule has 0 radical (unpaired) electrons. The first-order valence-electron chi connectivity index (χ1n) is 22.7. The summed E-state index contributed by atoms with van der Waals surface area (Å²) in [6, 6.07) is 83.3. The van der Waals surface area contributed by atoms with Crippen LogP contribution >= 0.6 is 0 Å². The molecule has 2 heteroatoms. The van der Waals surface area contributed by atoms with Crippen molar-refractivity contribution in [3.05, 3.63) is 231 Å². The van der Waals surface area contributed by atoms with E-state index in [0.717, 1.165) is 60.6 Å². The van der Waals surface area contributed by atoms with Crippen LogP contribution in [0.1, 0.15) is 0 Å². The zero-order valence-corrected chi connectivity index (χ0v) is 35.8. The Kier molecular flexibility index (Phi) is 8.02. The van der Waals surface area contributed by atoms with E-state index < -0.39 is 0 Å². The second kappa shape index (κ2) is 14.4. The number of hydrogen-bond donors (Lipinski definition) is 0. The van der Waals surface area contributed by atoms with Crippen molar-refractivity contribution in [2.24, 2.45) is 0 Å². The van der Waals surface area contributed by atoms with E-state index in [-0.39, 0.29) is 0 Å². The zero-order valence-electron chi connectivity index (χ0n) is 35.8. The molecule has 0 aliphatic carbocycles. The Morgan fingerprint density at radius 2 is 0.606 bits per heavy atom. The highest BCUT2D eigenvalue weighted by Gasteiger charge is 2.22. The van der Waals surface area contributed by atoms with Crippen LogP contribution in [0.5, 0.6) is 0 Å². The minimum Gasteiger partial charge on any atom is -0.456 e. The Balaban J connectivity index is 0.968. The van der Waals surface area contributed by atoms with Gasteiger partial charge in [-0.1, -0.05) is 194 Å². The molecule has 12 aromatic carbocycles. The Labute approximate surface area is 380 Å². The Morgan fingerprint density at radius 1 is 0.197 bits per heavy atom. The molecule has 306 valence electrons. The number of para-hydroxylation sites is 1. The number of furan rings is 2. The lowest BCUT2D eigenvalue weighted by Gasteiger charge is -2.18. The van der Waals surface area contributed by atoms with Gasteiger partial charge in [0.05, 0.1) is 0 Å². The lowest BCUT2D eigenvalue weighted by Crippen LogP contribution is -1.91. The van der Waals surface area contributed by atoms with Crippen LogP contribution in [-0.4, -0.2) is 0 Å². The molecule has 0 spiro atoms. The second-order valence-electron chi connectivity index (χ2n) is 17.4. The minimum atomic E-state index is 0.872. The molecule has 0 atom stereocenters. The van der Waals surface area contributed by atoms with Crippen molar-refractivity contribution in [3.8, 4) is 55.6 Å². The highest BCUT2D eigenvalue weighted by molar-refractivity contribution is 6.26. The van der Waals surface area contributed by atoms with Crippen LogP contribution in [0.3, 0.4) is 0 Å². The van der Waals surface area contributed by atoms with Gasteiger partial charge < -0.3 is 8.83 Å². The first kappa shape index (κ1) is 36.7. The summed E-state index contributed by atoms with van der Waals surface area (Å²) in [5, 5.41) is 14.1. The fourth-order valence-electron chi connectivity index (χ4n) is 11.0. The van der Waals surface area contributed by atoms with Crippen molar-refractivity contribution in [1.29, 1.82) is 0 Å². The number of benzene rings is 12. The average molecular weight is 839 g/mol. The van der Waals surface area contributed by atoms with E-state index >= 15 is 0 Å². The normalized spacial score (nSPS) is 11.9. The van der Waals surface area contributed by atoms with E-state index in [9.17, 15) is 0 Å². The number of fused-ring (bicyclic) bond motifs is 10. The van der Waals surface area contributed by atoms with Crippen molar-refractivity contribution in [2.75, 3.05) is 0 Å². The van der Waals surface area contributed by atoms with Crippen molar-refractivity contribution in [1.82, 2.24) is 0 Å². The first-order chi connectivity index (χ1) is 32.7. The van der Waals surface area contributed by atoms with Gasteiger partial charge in [-0.2, -0.15) is 0 Å². The van der Waals surface area contributed by atoms with Gasteiger partial charge >= 0.3 is 0 Å². The third-order valence-corrected chi connectivity index (χ3v) is 13.8. The molecule has 0 amide bonds. The summed E-state index contributed by atoms with van der Waals surface area (Å²) in [4.78, 5) is 0. The van der Waals surface area contributed by atoms with Gasteiger partial charge in [-0.3, -0.25) is 0 Å². The monoisotopic (exact) mass is 838 g/mol. The lowest BCUT2D eigenvalue weighted by atomic mass is 9.85. The van der Waals surface area contributed by atoms with Crippen LogP contribution in [0.2, 0.25) is 0 Å². The first-order valence-corrected chi connectivity index (χ1v) is 22.7. The Morgan fingerprint density at radius 3 is 1.15 bits per heavy atom. The fourth-order valence-corrected chi connectivity index (χ4v) is 11.0. The molecule has 0 aliphatic rings. The highest BCUT2D eigenvalue weighted by atomic mass is 16.3. The van der Waals surface area contributed by atoms with Gasteiger partial charge in [0, 0.05) is 32.7 Å². The van der Waals surface area contributed by atoms with Gasteiger partial charge in [-0.25, -0.2) is 0 Å². The maximum absolute atomic E-state index is 7.14. The van der Waals surface area contributed by atoms with Crippen molar-refractivity contribution >= 4 is 87.0 Å². The summed E-state index contributed by atoms with van der Waals surface area (Å²) in [6.45, 7) is 0. The van der Waals surface area contributed by atoms with Crippen LogP contribution in [-0.2, 0) is 0 Å². The molecule has 0 N–H and O–H groups in total. The van der Waals surface area contributed by atoms with E-state index in [1.54, 1.807) is 0 Å². The lowest BCUT2D eigenvalue weighted by molar-refractivity contribution is 0.669. The largest absolute Gasteiger partial charge is 0.456 e. The third-order valence-electron chi connectivity index (χ3n) is 13.8. The van der Waals surface area contributed by atoms with E-state index in [4.69, 9.17) is 8.83 Å². The predicted molar refractivity (Wildman–Crippen MR) is 278 cm³/mol. The fraction of sp³-hybridized carbons (Fsp3) is 0. The number of rotatable bonds is 5. The summed E-state index contributed by atoms with van der Waals surface area (Å²) >= 11 is 0. The molecule has 0 saturated heterocycles. The Hall–Kier alpha value is -8.72. The molecule has 14 rings (SSSR count). The quantitative estimate of drug-likeness (QED) is 0.161. The molecule has 0 aliphatic heterocycles. The van der Waals surface area contributed by atoms with Crippen LogP contribution in [0, 0.1) is 0 Å². The van der Waals surface area contributed by atoms with Gasteiger partial charge in [-0.15, -0.1) is 0 Å². The van der Waals surface area contributed by atoms with Crippen LogP contribution in [0.15, 0.2) is 239 Å². The molecule has 0 bridgehead atoms. The minimum absolute atomic E-state index is 0.872. The van der Waals surface area contributed by atoms with Gasteiger partial charge in [0.1, 0.15) is 22.3 Å². The van der Waals surface area contributed by atoms with E-state index in [0.29, 0.717) is 0 Å². The smallest absolute Gasteiger partial charge is 0.143 e. The summed E-state index contributed by atoms with van der Waals surface area (Å²) in [7, 11) is 0. The second-order valence-corrected chi connectivity index (χ2v) is 17.4. The topological polar surface area (TPSA) is 26.3 Å². The van der Waals surface area contributed by atoms with Crippen molar-refractivity contribution in [2.45, 2.75) is 0 Å².